The molecule has 1 aromatic carbocycles. The van der Waals surface area contributed by atoms with E-state index in [9.17, 15) is 13.6 Å². The topological polar surface area (TPSA) is 75.3 Å². The first-order valence-corrected chi connectivity index (χ1v) is 6.18. The van der Waals surface area contributed by atoms with Crippen molar-refractivity contribution >= 4 is 30.1 Å². The van der Waals surface area contributed by atoms with Gasteiger partial charge in [-0.25, -0.2) is 8.78 Å². The molecule has 8 heteroatoms. The van der Waals surface area contributed by atoms with Crippen LogP contribution in [0.15, 0.2) is 29.2 Å². The van der Waals surface area contributed by atoms with Crippen LogP contribution in [0.1, 0.15) is 0 Å². The van der Waals surface area contributed by atoms with Gasteiger partial charge in [0.1, 0.15) is 5.75 Å². The number of nitrogens with two attached hydrogens (primary N) is 1. The van der Waals surface area contributed by atoms with Gasteiger partial charge in [-0.2, -0.15) is 0 Å². The van der Waals surface area contributed by atoms with Gasteiger partial charge in [-0.3, -0.25) is 4.79 Å². The van der Waals surface area contributed by atoms with Crippen molar-refractivity contribution in [1.29, 1.82) is 0 Å². The number of phenols is 1. The largest absolute Gasteiger partial charge is 0.508 e. The maximum atomic E-state index is 12.7. The Balaban J connectivity index is 0.00000324. The van der Waals surface area contributed by atoms with E-state index in [1.54, 1.807) is 12.1 Å². The fraction of sp³-hybridized carbons (Fsp3) is 0.364. The summed E-state index contributed by atoms with van der Waals surface area (Å²) in [5, 5.41) is 11.2. The van der Waals surface area contributed by atoms with Crippen molar-refractivity contribution in [3.05, 3.63) is 24.3 Å². The van der Waals surface area contributed by atoms with Gasteiger partial charge in [0, 0.05) is 4.90 Å². The second-order valence-electron chi connectivity index (χ2n) is 3.62. The molecule has 0 saturated carbocycles. The molecule has 0 radical (unpaired) electrons. The van der Waals surface area contributed by atoms with Crippen LogP contribution in [0.2, 0.25) is 0 Å². The van der Waals surface area contributed by atoms with E-state index in [-0.39, 0.29) is 23.9 Å². The molecule has 1 amide bonds. The number of phenolic OH excluding ortho intramolecular Hbond substituents is 1. The first kappa shape index (κ1) is 17.9. The average molecular weight is 313 g/mol. The van der Waals surface area contributed by atoms with Crippen molar-refractivity contribution in [2.75, 3.05) is 18.8 Å². The monoisotopic (exact) mass is 312 g/mol. The molecule has 0 bridgehead atoms. The lowest BCUT2D eigenvalue weighted by molar-refractivity contribution is -0.120. The van der Waals surface area contributed by atoms with Gasteiger partial charge in [0.05, 0.1) is 18.8 Å². The van der Waals surface area contributed by atoms with Gasteiger partial charge in [-0.1, -0.05) is 0 Å². The molecular weight excluding hydrogens is 298 g/mol. The minimum Gasteiger partial charge on any atom is -0.508 e. The fourth-order valence-electron chi connectivity index (χ4n) is 1.04. The van der Waals surface area contributed by atoms with Crippen molar-refractivity contribution in [2.24, 2.45) is 5.73 Å². The predicted molar refractivity (Wildman–Crippen MR) is 73.1 cm³/mol. The van der Waals surface area contributed by atoms with Crippen molar-refractivity contribution in [3.8, 4) is 5.75 Å². The molecule has 0 spiro atoms. The van der Waals surface area contributed by atoms with Crippen molar-refractivity contribution in [3.63, 3.8) is 0 Å². The molecule has 1 rings (SSSR count). The maximum Gasteiger partial charge on any atom is 0.277 e. The molecule has 1 aromatic rings. The van der Waals surface area contributed by atoms with Crippen LogP contribution in [0.3, 0.4) is 0 Å². The van der Waals surface area contributed by atoms with Crippen LogP contribution in [0, 0.1) is 0 Å². The molecule has 19 heavy (non-hydrogen) atoms. The number of rotatable bonds is 6. The molecule has 0 saturated heterocycles. The lowest BCUT2D eigenvalue weighted by Crippen LogP contribution is -2.42. The summed E-state index contributed by atoms with van der Waals surface area (Å²) >= 11 is 1.20. The Morgan fingerprint density at radius 2 is 1.95 bits per heavy atom. The van der Waals surface area contributed by atoms with Crippen molar-refractivity contribution in [1.82, 2.24) is 5.32 Å². The van der Waals surface area contributed by atoms with Gasteiger partial charge < -0.3 is 16.2 Å². The Kier molecular flexibility index (Phi) is 7.73. The third-order valence-corrected chi connectivity index (χ3v) is 3.06. The predicted octanol–water partition coefficient (Wildman–Crippen LogP) is 1.62. The Morgan fingerprint density at radius 1 is 1.37 bits per heavy atom. The molecule has 0 fully saturated rings. The lowest BCUT2D eigenvalue weighted by atomic mass is 10.3. The third kappa shape index (κ3) is 7.19. The van der Waals surface area contributed by atoms with E-state index in [0.29, 0.717) is 0 Å². The van der Waals surface area contributed by atoms with Crippen LogP contribution in [-0.2, 0) is 4.79 Å². The third-order valence-electron chi connectivity index (χ3n) is 2.05. The second kappa shape index (κ2) is 8.19. The Hall–Kier alpha value is -1.05. The molecule has 0 aliphatic heterocycles. The molecule has 4 N–H and O–H groups in total. The van der Waals surface area contributed by atoms with Crippen LogP contribution >= 0.6 is 24.2 Å². The van der Waals surface area contributed by atoms with E-state index in [0.717, 1.165) is 4.90 Å². The number of thioether (sulfide) groups is 1. The van der Waals surface area contributed by atoms with E-state index in [1.807, 2.05) is 0 Å². The van der Waals surface area contributed by atoms with Gasteiger partial charge in [-0.15, -0.1) is 24.2 Å². The normalized spacial score (nSPS) is 10.7. The number of alkyl halides is 2. The smallest absolute Gasteiger partial charge is 0.277 e. The van der Waals surface area contributed by atoms with Gasteiger partial charge in [0.25, 0.3) is 5.92 Å². The van der Waals surface area contributed by atoms with Crippen LogP contribution in [0.4, 0.5) is 8.78 Å². The van der Waals surface area contributed by atoms with Gasteiger partial charge in [0.15, 0.2) is 0 Å². The van der Waals surface area contributed by atoms with Crippen molar-refractivity contribution in [2.45, 2.75) is 10.8 Å². The number of nitrogens with one attached hydrogen (secondary N) is 1. The zero-order valence-corrected chi connectivity index (χ0v) is 11.6. The zero-order valence-electron chi connectivity index (χ0n) is 9.94. The first-order valence-electron chi connectivity index (χ1n) is 5.19. The van der Waals surface area contributed by atoms with Gasteiger partial charge >= 0.3 is 0 Å². The van der Waals surface area contributed by atoms with E-state index in [2.05, 4.69) is 5.32 Å². The first-order chi connectivity index (χ1) is 8.43. The molecule has 4 nitrogen and oxygen atoms in total. The number of hydrogen-bond acceptors (Lipinski definition) is 4. The summed E-state index contributed by atoms with van der Waals surface area (Å²) < 4.78 is 25.5. The number of carbonyl (C=O) groups is 1. The van der Waals surface area contributed by atoms with Crippen LogP contribution < -0.4 is 11.1 Å². The quantitative estimate of drug-likeness (QED) is 0.698. The van der Waals surface area contributed by atoms with Gasteiger partial charge in [-0.05, 0) is 24.3 Å². The lowest BCUT2D eigenvalue weighted by Gasteiger charge is -2.14. The summed E-state index contributed by atoms with van der Waals surface area (Å²) in [7, 11) is 0. The van der Waals surface area contributed by atoms with Crippen LogP contribution in [-0.4, -0.2) is 35.8 Å². The standard InChI is InChI=1S/C11H14F2N2O2S.ClH/c12-11(13,6-14)7-15-10(17)5-18-9-3-1-8(16)2-4-9;/h1-4,16H,5-7,14H2,(H,15,17);1H. The van der Waals surface area contributed by atoms with Crippen molar-refractivity contribution < 1.29 is 18.7 Å². The summed E-state index contributed by atoms with van der Waals surface area (Å²) in [6, 6.07) is 6.26. The van der Waals surface area contributed by atoms with Crippen LogP contribution in [0.25, 0.3) is 0 Å². The number of halogens is 3. The minimum atomic E-state index is -3.07. The summed E-state index contributed by atoms with van der Waals surface area (Å²) in [6.45, 7) is -1.54. The Labute approximate surface area is 120 Å². The molecule has 0 atom stereocenters. The molecule has 0 aliphatic carbocycles. The zero-order chi connectivity index (χ0) is 13.6. The Morgan fingerprint density at radius 3 is 2.47 bits per heavy atom. The number of amides is 1. The molecule has 108 valence electrons. The highest BCUT2D eigenvalue weighted by atomic mass is 35.5. The summed E-state index contributed by atoms with van der Waals surface area (Å²) in [4.78, 5) is 12.1. The molecule has 0 aromatic heterocycles. The molecule has 0 heterocycles. The summed E-state index contributed by atoms with van der Waals surface area (Å²) in [6.07, 6.45) is 0. The van der Waals surface area contributed by atoms with E-state index in [4.69, 9.17) is 10.8 Å². The molecule has 0 aliphatic rings. The maximum absolute atomic E-state index is 12.7. The number of benzene rings is 1. The van der Waals surface area contributed by atoms with Gasteiger partial charge in [0.2, 0.25) is 5.91 Å². The highest BCUT2D eigenvalue weighted by molar-refractivity contribution is 8.00. The molecule has 0 unspecified atom stereocenters. The summed E-state index contributed by atoms with van der Waals surface area (Å²) in [5.74, 6) is -3.39. The Bertz CT molecular complexity index is 404. The fourth-order valence-corrected chi connectivity index (χ4v) is 1.77. The van der Waals surface area contributed by atoms with E-state index < -0.39 is 24.9 Å². The SMILES string of the molecule is Cl.NCC(F)(F)CNC(=O)CSc1ccc(O)cc1. The average Bonchev–Trinajstić information content (AvgIpc) is 2.36. The summed E-state index contributed by atoms with van der Waals surface area (Å²) in [5.41, 5.74) is 4.84. The highest BCUT2D eigenvalue weighted by Crippen LogP contribution is 2.20. The number of carbonyl (C=O) groups excluding carboxylic acids is 1. The second-order valence-corrected chi connectivity index (χ2v) is 4.67. The highest BCUT2D eigenvalue weighted by Gasteiger charge is 2.26. The van der Waals surface area contributed by atoms with Crippen LogP contribution in [0.5, 0.6) is 5.75 Å². The van der Waals surface area contributed by atoms with E-state index >= 15 is 0 Å². The molecular formula is C11H15ClF2N2O2S. The van der Waals surface area contributed by atoms with E-state index in [1.165, 1.54) is 23.9 Å². The number of hydrogen-bond donors (Lipinski definition) is 3. The minimum absolute atomic E-state index is 0. The number of aromatic hydroxyl groups is 1.